The summed E-state index contributed by atoms with van der Waals surface area (Å²) >= 11 is 1.54. The van der Waals surface area contributed by atoms with Gasteiger partial charge < -0.3 is 4.90 Å². The molecule has 0 aliphatic carbocycles. The zero-order valence-electron chi connectivity index (χ0n) is 9.06. The molecule has 0 bridgehead atoms. The van der Waals surface area contributed by atoms with Crippen LogP contribution in [0.5, 0.6) is 0 Å². The number of benzene rings is 1. The molecule has 0 N–H and O–H groups in total. The lowest BCUT2D eigenvalue weighted by Gasteiger charge is -2.18. The van der Waals surface area contributed by atoms with Gasteiger partial charge in [-0.3, -0.25) is 0 Å². The van der Waals surface area contributed by atoms with E-state index in [0.29, 0.717) is 0 Å². The van der Waals surface area contributed by atoms with Crippen LogP contribution in [0.25, 0.3) is 0 Å². The van der Waals surface area contributed by atoms with Crippen LogP contribution in [0.1, 0.15) is 11.1 Å². The third kappa shape index (κ3) is 1.85. The maximum absolute atomic E-state index is 4.06. The number of rotatable bonds is 2. The Bertz CT molecular complexity index is 451. The van der Waals surface area contributed by atoms with Crippen molar-refractivity contribution >= 4 is 22.2 Å². The highest BCUT2D eigenvalue weighted by atomic mass is 32.1. The van der Waals surface area contributed by atoms with Gasteiger partial charge in [0, 0.05) is 12.7 Å². The lowest BCUT2D eigenvalue weighted by Crippen LogP contribution is -2.11. The van der Waals surface area contributed by atoms with E-state index in [2.05, 4.69) is 47.1 Å². The van der Waals surface area contributed by atoms with Crippen LogP contribution in [0.15, 0.2) is 23.7 Å². The molecule has 0 amide bonds. The smallest absolute Gasteiger partial charge is 0.212 e. The van der Waals surface area contributed by atoms with Crippen LogP contribution in [-0.4, -0.2) is 17.2 Å². The lowest BCUT2D eigenvalue weighted by atomic mass is 10.1. The number of aryl methyl sites for hydroxylation is 1. The third-order valence-electron chi connectivity index (χ3n) is 2.57. The fourth-order valence-electron chi connectivity index (χ4n) is 1.52. The molecule has 0 spiro atoms. The Hall–Kier alpha value is -1.42. The van der Waals surface area contributed by atoms with Crippen molar-refractivity contribution in [3.8, 4) is 0 Å². The molecule has 15 heavy (non-hydrogen) atoms. The quantitative estimate of drug-likeness (QED) is 0.777. The van der Waals surface area contributed by atoms with E-state index < -0.39 is 0 Å². The van der Waals surface area contributed by atoms with E-state index in [0.717, 1.165) is 5.13 Å². The first-order chi connectivity index (χ1) is 7.20. The minimum atomic E-state index is 0.920. The molecule has 2 rings (SSSR count). The van der Waals surface area contributed by atoms with Gasteiger partial charge in [0.05, 0.1) is 0 Å². The van der Waals surface area contributed by atoms with Crippen molar-refractivity contribution in [3.63, 3.8) is 0 Å². The summed E-state index contributed by atoms with van der Waals surface area (Å²) in [6, 6.07) is 6.28. The first-order valence-corrected chi connectivity index (χ1v) is 5.64. The summed E-state index contributed by atoms with van der Waals surface area (Å²) in [5, 5.41) is 8.83. The minimum Gasteiger partial charge on any atom is -0.319 e. The van der Waals surface area contributed by atoms with E-state index in [9.17, 15) is 0 Å². The van der Waals surface area contributed by atoms with Gasteiger partial charge in [-0.2, -0.15) is 0 Å². The second-order valence-corrected chi connectivity index (χ2v) is 4.31. The Balaban J connectivity index is 2.42. The number of nitrogens with zero attached hydrogens (tertiary/aromatic N) is 3. The van der Waals surface area contributed by atoms with Gasteiger partial charge in [-0.1, -0.05) is 23.5 Å². The van der Waals surface area contributed by atoms with E-state index in [1.807, 2.05) is 7.05 Å². The summed E-state index contributed by atoms with van der Waals surface area (Å²) in [5.41, 5.74) is 5.52. The second-order valence-electron chi connectivity index (χ2n) is 3.50. The van der Waals surface area contributed by atoms with E-state index in [1.54, 1.807) is 16.8 Å². The maximum atomic E-state index is 4.06. The topological polar surface area (TPSA) is 29.0 Å². The molecule has 0 saturated carbocycles. The molecular formula is C11H13N3S. The highest BCUT2D eigenvalue weighted by molar-refractivity contribution is 7.13. The molecule has 0 atom stereocenters. The molecule has 0 aliphatic rings. The standard InChI is InChI=1S/C11H13N3S/c1-8-5-4-6-10(9(8)2)14(3)11-13-12-7-15-11/h4-7H,1-3H3. The first kappa shape index (κ1) is 10.1. The molecule has 1 aromatic carbocycles. The summed E-state index contributed by atoms with van der Waals surface area (Å²) in [4.78, 5) is 2.07. The highest BCUT2D eigenvalue weighted by Gasteiger charge is 2.10. The van der Waals surface area contributed by atoms with Crippen LogP contribution in [0.4, 0.5) is 10.8 Å². The van der Waals surface area contributed by atoms with Crippen LogP contribution < -0.4 is 4.90 Å². The summed E-state index contributed by atoms with van der Waals surface area (Å²) in [6.07, 6.45) is 0. The molecule has 4 heteroatoms. The molecule has 1 aromatic heterocycles. The van der Waals surface area contributed by atoms with Gasteiger partial charge >= 0.3 is 0 Å². The van der Waals surface area contributed by atoms with Gasteiger partial charge in [0.15, 0.2) is 0 Å². The van der Waals surface area contributed by atoms with Crippen molar-refractivity contribution in [2.45, 2.75) is 13.8 Å². The van der Waals surface area contributed by atoms with Crippen LogP contribution in [-0.2, 0) is 0 Å². The molecule has 3 nitrogen and oxygen atoms in total. The predicted molar refractivity (Wildman–Crippen MR) is 63.9 cm³/mol. The number of anilines is 2. The Labute approximate surface area is 93.4 Å². The number of hydrogen-bond donors (Lipinski definition) is 0. The Morgan fingerprint density at radius 1 is 1.27 bits per heavy atom. The number of hydrogen-bond acceptors (Lipinski definition) is 4. The zero-order valence-corrected chi connectivity index (χ0v) is 9.88. The average Bonchev–Trinajstić information content (AvgIpc) is 2.74. The van der Waals surface area contributed by atoms with Gasteiger partial charge in [-0.25, -0.2) is 0 Å². The summed E-state index contributed by atoms with van der Waals surface area (Å²) in [7, 11) is 2.02. The molecule has 0 fully saturated rings. The van der Waals surface area contributed by atoms with Crippen LogP contribution >= 0.6 is 11.3 Å². The van der Waals surface area contributed by atoms with Crippen LogP contribution in [0.2, 0.25) is 0 Å². The van der Waals surface area contributed by atoms with Crippen molar-refractivity contribution < 1.29 is 0 Å². The van der Waals surface area contributed by atoms with Crippen molar-refractivity contribution in [1.82, 2.24) is 10.2 Å². The lowest BCUT2D eigenvalue weighted by molar-refractivity contribution is 1.04. The SMILES string of the molecule is Cc1cccc(N(C)c2nncs2)c1C. The first-order valence-electron chi connectivity index (χ1n) is 4.76. The normalized spacial score (nSPS) is 10.3. The van der Waals surface area contributed by atoms with Crippen LogP contribution in [0.3, 0.4) is 0 Å². The predicted octanol–water partition coefficient (Wildman–Crippen LogP) is 2.92. The number of aromatic nitrogens is 2. The van der Waals surface area contributed by atoms with Crippen molar-refractivity contribution in [2.75, 3.05) is 11.9 Å². The van der Waals surface area contributed by atoms with Gasteiger partial charge in [-0.05, 0) is 31.0 Å². The molecule has 0 aliphatic heterocycles. The van der Waals surface area contributed by atoms with E-state index >= 15 is 0 Å². The maximum Gasteiger partial charge on any atom is 0.212 e. The van der Waals surface area contributed by atoms with Gasteiger partial charge in [0.2, 0.25) is 5.13 Å². The molecular weight excluding hydrogens is 206 g/mol. The Morgan fingerprint density at radius 2 is 2.07 bits per heavy atom. The molecule has 0 radical (unpaired) electrons. The van der Waals surface area contributed by atoms with E-state index in [1.165, 1.54) is 16.8 Å². The van der Waals surface area contributed by atoms with Crippen molar-refractivity contribution in [2.24, 2.45) is 0 Å². The molecule has 0 saturated heterocycles. The molecule has 0 unspecified atom stereocenters. The van der Waals surface area contributed by atoms with Crippen LogP contribution in [0, 0.1) is 13.8 Å². The molecule has 1 heterocycles. The highest BCUT2D eigenvalue weighted by Crippen LogP contribution is 2.28. The van der Waals surface area contributed by atoms with E-state index in [4.69, 9.17) is 0 Å². The van der Waals surface area contributed by atoms with Gasteiger partial charge in [-0.15, -0.1) is 10.2 Å². The van der Waals surface area contributed by atoms with Gasteiger partial charge in [0.25, 0.3) is 0 Å². The minimum absolute atomic E-state index is 0.920. The monoisotopic (exact) mass is 219 g/mol. The molecule has 2 aromatic rings. The summed E-state index contributed by atoms with van der Waals surface area (Å²) in [5.74, 6) is 0. The van der Waals surface area contributed by atoms with E-state index in [-0.39, 0.29) is 0 Å². The largest absolute Gasteiger partial charge is 0.319 e. The Morgan fingerprint density at radius 3 is 2.73 bits per heavy atom. The van der Waals surface area contributed by atoms with Gasteiger partial charge in [0.1, 0.15) is 5.51 Å². The average molecular weight is 219 g/mol. The van der Waals surface area contributed by atoms with Crippen molar-refractivity contribution in [3.05, 3.63) is 34.8 Å². The molecule has 78 valence electrons. The third-order valence-corrected chi connectivity index (χ3v) is 3.34. The summed E-state index contributed by atoms with van der Waals surface area (Å²) < 4.78 is 0. The Kier molecular flexibility index (Phi) is 2.68. The zero-order chi connectivity index (χ0) is 10.8. The van der Waals surface area contributed by atoms with Crippen molar-refractivity contribution in [1.29, 1.82) is 0 Å². The fourth-order valence-corrected chi connectivity index (χ4v) is 2.05. The second kappa shape index (κ2) is 3.98. The summed E-state index contributed by atoms with van der Waals surface area (Å²) in [6.45, 7) is 4.25. The fraction of sp³-hybridized carbons (Fsp3) is 0.273.